The number of nitrogens with zero attached hydrogens (tertiary/aromatic N) is 2. The Bertz CT molecular complexity index is 943. The fraction of sp³-hybridized carbons (Fsp3) is 0.0952. The molecule has 0 saturated carbocycles. The molecule has 0 aliphatic carbocycles. The van der Waals surface area contributed by atoms with Gasteiger partial charge in [-0.1, -0.05) is 48.5 Å². The van der Waals surface area contributed by atoms with E-state index in [9.17, 15) is 0 Å². The molecular weight excluding hydrogens is 296 g/mol. The highest BCUT2D eigenvalue weighted by Crippen LogP contribution is 2.30. The number of imidazole rings is 1. The van der Waals surface area contributed by atoms with Crippen LogP contribution in [0.1, 0.15) is 17.2 Å². The molecule has 0 aliphatic rings. The van der Waals surface area contributed by atoms with Gasteiger partial charge < -0.3 is 9.30 Å². The van der Waals surface area contributed by atoms with Crippen LogP contribution in [0.4, 0.5) is 0 Å². The van der Waals surface area contributed by atoms with Crippen LogP contribution in [0.2, 0.25) is 0 Å². The van der Waals surface area contributed by atoms with E-state index in [1.807, 2.05) is 30.9 Å². The van der Waals surface area contributed by atoms with Crippen LogP contribution in [0, 0.1) is 0 Å². The Labute approximate surface area is 141 Å². The third-order valence-corrected chi connectivity index (χ3v) is 4.34. The SMILES string of the molecule is COc1ccc(C(c2ccc3ccccc3c2)n2ccnc2)cc1. The number of methoxy groups -OCH3 is 1. The number of rotatable bonds is 4. The Hall–Kier alpha value is -3.07. The van der Waals surface area contributed by atoms with E-state index in [-0.39, 0.29) is 6.04 Å². The van der Waals surface area contributed by atoms with E-state index >= 15 is 0 Å². The largest absolute Gasteiger partial charge is 0.497 e. The van der Waals surface area contributed by atoms with Crippen LogP contribution < -0.4 is 4.74 Å². The first kappa shape index (κ1) is 14.5. The summed E-state index contributed by atoms with van der Waals surface area (Å²) >= 11 is 0. The summed E-state index contributed by atoms with van der Waals surface area (Å²) in [7, 11) is 1.69. The predicted molar refractivity (Wildman–Crippen MR) is 96.4 cm³/mol. The predicted octanol–water partition coefficient (Wildman–Crippen LogP) is 4.68. The van der Waals surface area contributed by atoms with Gasteiger partial charge in [0.15, 0.2) is 0 Å². The third kappa shape index (κ3) is 2.65. The van der Waals surface area contributed by atoms with Gasteiger partial charge in [0.2, 0.25) is 0 Å². The molecule has 0 amide bonds. The molecule has 4 rings (SSSR count). The molecule has 3 aromatic carbocycles. The normalized spacial score (nSPS) is 12.2. The Kier molecular flexibility index (Phi) is 3.75. The Morgan fingerprint density at radius 1 is 0.875 bits per heavy atom. The zero-order chi connectivity index (χ0) is 16.4. The molecule has 0 saturated heterocycles. The minimum Gasteiger partial charge on any atom is -0.497 e. The summed E-state index contributed by atoms with van der Waals surface area (Å²) < 4.78 is 7.41. The Balaban J connectivity index is 1.84. The summed E-state index contributed by atoms with van der Waals surface area (Å²) in [5.74, 6) is 0.863. The lowest BCUT2D eigenvalue weighted by atomic mass is 9.96. The van der Waals surface area contributed by atoms with Crippen LogP contribution in [0.25, 0.3) is 10.8 Å². The van der Waals surface area contributed by atoms with E-state index in [4.69, 9.17) is 4.74 Å². The van der Waals surface area contributed by atoms with Crippen molar-refractivity contribution in [2.24, 2.45) is 0 Å². The second-order valence-corrected chi connectivity index (χ2v) is 5.79. The lowest BCUT2D eigenvalue weighted by Gasteiger charge is -2.20. The quantitative estimate of drug-likeness (QED) is 0.547. The van der Waals surface area contributed by atoms with Gasteiger partial charge in [-0.05, 0) is 40.1 Å². The highest BCUT2D eigenvalue weighted by molar-refractivity contribution is 5.83. The van der Waals surface area contributed by atoms with Gasteiger partial charge in [0.05, 0.1) is 19.5 Å². The number of ether oxygens (including phenoxy) is 1. The molecule has 0 N–H and O–H groups in total. The van der Waals surface area contributed by atoms with Crippen molar-refractivity contribution in [3.63, 3.8) is 0 Å². The van der Waals surface area contributed by atoms with Gasteiger partial charge in [0, 0.05) is 12.4 Å². The minimum absolute atomic E-state index is 0.0861. The smallest absolute Gasteiger partial charge is 0.118 e. The van der Waals surface area contributed by atoms with Crippen molar-refractivity contribution in [2.75, 3.05) is 7.11 Å². The summed E-state index contributed by atoms with van der Waals surface area (Å²) in [5, 5.41) is 2.49. The molecule has 0 bridgehead atoms. The van der Waals surface area contributed by atoms with Crippen LogP contribution in [0.5, 0.6) is 5.75 Å². The fourth-order valence-corrected chi connectivity index (χ4v) is 3.12. The van der Waals surface area contributed by atoms with Crippen LogP contribution >= 0.6 is 0 Å². The average molecular weight is 314 g/mol. The maximum atomic E-state index is 5.28. The number of aromatic nitrogens is 2. The van der Waals surface area contributed by atoms with Gasteiger partial charge in [-0.25, -0.2) is 4.98 Å². The molecule has 0 spiro atoms. The summed E-state index contributed by atoms with van der Waals surface area (Å²) in [5.41, 5.74) is 2.43. The molecule has 0 aliphatic heterocycles. The van der Waals surface area contributed by atoms with Crippen LogP contribution in [0.3, 0.4) is 0 Å². The fourth-order valence-electron chi connectivity index (χ4n) is 3.12. The highest BCUT2D eigenvalue weighted by Gasteiger charge is 2.16. The molecule has 1 atom stereocenters. The van der Waals surface area contributed by atoms with Crippen molar-refractivity contribution < 1.29 is 4.74 Å². The topological polar surface area (TPSA) is 27.1 Å². The molecule has 0 fully saturated rings. The first-order valence-electron chi connectivity index (χ1n) is 7.95. The summed E-state index contributed by atoms with van der Waals surface area (Å²) in [6.45, 7) is 0. The van der Waals surface area contributed by atoms with Gasteiger partial charge >= 0.3 is 0 Å². The van der Waals surface area contributed by atoms with Gasteiger partial charge in [-0.2, -0.15) is 0 Å². The molecule has 3 nitrogen and oxygen atoms in total. The molecule has 1 heterocycles. The van der Waals surface area contributed by atoms with Crippen LogP contribution in [-0.2, 0) is 0 Å². The van der Waals surface area contributed by atoms with Gasteiger partial charge in [-0.3, -0.25) is 0 Å². The van der Waals surface area contributed by atoms with E-state index in [0.29, 0.717) is 0 Å². The van der Waals surface area contributed by atoms with Crippen LogP contribution in [0.15, 0.2) is 85.5 Å². The minimum atomic E-state index is 0.0861. The van der Waals surface area contributed by atoms with E-state index in [1.54, 1.807) is 7.11 Å². The number of fused-ring (bicyclic) bond motifs is 1. The second kappa shape index (κ2) is 6.20. The molecule has 118 valence electrons. The second-order valence-electron chi connectivity index (χ2n) is 5.79. The van der Waals surface area contributed by atoms with Crippen molar-refractivity contribution in [3.05, 3.63) is 96.6 Å². The van der Waals surface area contributed by atoms with Crippen LogP contribution in [-0.4, -0.2) is 16.7 Å². The number of hydrogen-bond acceptors (Lipinski definition) is 2. The molecule has 1 unspecified atom stereocenters. The Morgan fingerprint density at radius 3 is 2.33 bits per heavy atom. The van der Waals surface area contributed by atoms with Crippen molar-refractivity contribution in [1.29, 1.82) is 0 Å². The van der Waals surface area contributed by atoms with Crippen molar-refractivity contribution in [2.45, 2.75) is 6.04 Å². The molecule has 4 aromatic rings. The number of benzene rings is 3. The maximum absolute atomic E-state index is 5.28. The summed E-state index contributed by atoms with van der Waals surface area (Å²) in [6.07, 6.45) is 5.69. The van der Waals surface area contributed by atoms with E-state index in [2.05, 4.69) is 64.1 Å². The zero-order valence-electron chi connectivity index (χ0n) is 13.5. The van der Waals surface area contributed by atoms with Crippen molar-refractivity contribution >= 4 is 10.8 Å². The standard InChI is InChI=1S/C21H18N2O/c1-24-20-10-8-17(9-11-20)21(23-13-12-22-15-23)19-7-6-16-4-2-3-5-18(16)14-19/h2-15,21H,1H3. The highest BCUT2D eigenvalue weighted by atomic mass is 16.5. The van der Waals surface area contributed by atoms with Crippen molar-refractivity contribution in [1.82, 2.24) is 9.55 Å². The lowest BCUT2D eigenvalue weighted by Crippen LogP contribution is -2.10. The van der Waals surface area contributed by atoms with E-state index in [0.717, 1.165) is 5.75 Å². The summed E-state index contributed by atoms with van der Waals surface area (Å²) in [6, 6.07) is 23.4. The lowest BCUT2D eigenvalue weighted by molar-refractivity contribution is 0.414. The van der Waals surface area contributed by atoms with E-state index < -0.39 is 0 Å². The first-order chi connectivity index (χ1) is 11.8. The molecule has 1 aromatic heterocycles. The zero-order valence-corrected chi connectivity index (χ0v) is 13.5. The van der Waals surface area contributed by atoms with E-state index in [1.165, 1.54) is 21.9 Å². The van der Waals surface area contributed by atoms with Crippen molar-refractivity contribution in [3.8, 4) is 5.75 Å². The molecule has 24 heavy (non-hydrogen) atoms. The molecule has 0 radical (unpaired) electrons. The first-order valence-corrected chi connectivity index (χ1v) is 7.95. The number of hydrogen-bond donors (Lipinski definition) is 0. The van der Waals surface area contributed by atoms with Gasteiger partial charge in [0.1, 0.15) is 5.75 Å². The molecule has 3 heteroatoms. The average Bonchev–Trinajstić information content (AvgIpc) is 3.17. The third-order valence-electron chi connectivity index (χ3n) is 4.34. The van der Waals surface area contributed by atoms with Gasteiger partial charge in [-0.15, -0.1) is 0 Å². The molecular formula is C21H18N2O. The summed E-state index contributed by atoms with van der Waals surface area (Å²) in [4.78, 5) is 4.23. The Morgan fingerprint density at radius 2 is 1.62 bits per heavy atom. The maximum Gasteiger partial charge on any atom is 0.118 e. The monoisotopic (exact) mass is 314 g/mol. The van der Waals surface area contributed by atoms with Gasteiger partial charge in [0.25, 0.3) is 0 Å².